The van der Waals surface area contributed by atoms with Gasteiger partial charge in [-0.2, -0.15) is 0 Å². The van der Waals surface area contributed by atoms with E-state index in [0.717, 1.165) is 5.56 Å². The Balaban J connectivity index is 1.65. The molecule has 1 aliphatic rings. The summed E-state index contributed by atoms with van der Waals surface area (Å²) in [7, 11) is 1.52. The zero-order valence-electron chi connectivity index (χ0n) is 13.1. The quantitative estimate of drug-likeness (QED) is 0.846. The molecule has 0 aliphatic carbocycles. The molecule has 0 saturated carbocycles. The number of benzene rings is 1. The maximum absolute atomic E-state index is 12.2. The van der Waals surface area contributed by atoms with E-state index in [4.69, 9.17) is 4.74 Å². The van der Waals surface area contributed by atoms with Crippen molar-refractivity contribution in [3.63, 3.8) is 0 Å². The molecule has 1 N–H and O–H groups in total. The number of amides is 3. The first-order chi connectivity index (χ1) is 11.6. The van der Waals surface area contributed by atoms with E-state index in [-0.39, 0.29) is 37.1 Å². The topological polar surface area (TPSA) is 75.7 Å². The van der Waals surface area contributed by atoms with E-state index < -0.39 is 0 Å². The predicted molar refractivity (Wildman–Crippen MR) is 90.1 cm³/mol. The van der Waals surface area contributed by atoms with Crippen molar-refractivity contribution in [2.24, 2.45) is 0 Å². The molecule has 2 aromatic rings. The number of nitrogens with zero attached hydrogens (tertiary/aromatic N) is 1. The Morgan fingerprint density at radius 1 is 1.17 bits per heavy atom. The zero-order valence-corrected chi connectivity index (χ0v) is 13.9. The van der Waals surface area contributed by atoms with Crippen LogP contribution in [0.2, 0.25) is 0 Å². The molecule has 0 spiro atoms. The van der Waals surface area contributed by atoms with Gasteiger partial charge in [0.1, 0.15) is 10.6 Å². The fraction of sp³-hybridized carbons (Fsp3) is 0.235. The Morgan fingerprint density at radius 3 is 2.46 bits per heavy atom. The van der Waals surface area contributed by atoms with Crippen LogP contribution < -0.4 is 10.1 Å². The maximum atomic E-state index is 12.2. The van der Waals surface area contributed by atoms with Gasteiger partial charge in [0.05, 0.1) is 13.7 Å². The SMILES string of the molecule is COc1ccsc1C(=O)Nc1ccc(CN2C(=O)CCC2=O)cc1. The Bertz CT molecular complexity index is 766. The van der Waals surface area contributed by atoms with Gasteiger partial charge in [-0.15, -0.1) is 11.3 Å². The fourth-order valence-electron chi connectivity index (χ4n) is 2.49. The molecule has 1 fully saturated rings. The number of rotatable bonds is 5. The van der Waals surface area contributed by atoms with Crippen molar-refractivity contribution >= 4 is 34.7 Å². The van der Waals surface area contributed by atoms with Crippen molar-refractivity contribution in [1.82, 2.24) is 4.90 Å². The van der Waals surface area contributed by atoms with Crippen molar-refractivity contribution in [2.45, 2.75) is 19.4 Å². The average molecular weight is 344 g/mol. The average Bonchev–Trinajstić information content (AvgIpc) is 3.18. The minimum Gasteiger partial charge on any atom is -0.495 e. The zero-order chi connectivity index (χ0) is 17.1. The number of ether oxygens (including phenoxy) is 1. The summed E-state index contributed by atoms with van der Waals surface area (Å²) in [4.78, 5) is 37.3. The second-order valence-electron chi connectivity index (χ2n) is 5.34. The smallest absolute Gasteiger partial charge is 0.269 e. The fourth-order valence-corrected chi connectivity index (χ4v) is 3.24. The molecule has 0 unspecified atom stereocenters. The number of nitrogens with one attached hydrogen (secondary N) is 1. The molecule has 0 radical (unpaired) electrons. The molecular formula is C17H16N2O4S. The number of carbonyl (C=O) groups is 3. The number of anilines is 1. The van der Waals surface area contributed by atoms with Crippen LogP contribution in [0.3, 0.4) is 0 Å². The lowest BCUT2D eigenvalue weighted by atomic mass is 10.2. The van der Waals surface area contributed by atoms with E-state index in [1.54, 1.807) is 35.7 Å². The second kappa shape index (κ2) is 6.84. The highest BCUT2D eigenvalue weighted by atomic mass is 32.1. The Kier molecular flexibility index (Phi) is 4.61. The summed E-state index contributed by atoms with van der Waals surface area (Å²) in [6.07, 6.45) is 0.575. The summed E-state index contributed by atoms with van der Waals surface area (Å²) in [5.41, 5.74) is 1.48. The number of thiophene rings is 1. The van der Waals surface area contributed by atoms with E-state index >= 15 is 0 Å². The predicted octanol–water partition coefficient (Wildman–Crippen LogP) is 2.66. The normalized spacial score (nSPS) is 14.1. The molecule has 1 aromatic carbocycles. The molecule has 7 heteroatoms. The molecule has 124 valence electrons. The Labute approximate surface area is 143 Å². The third kappa shape index (κ3) is 3.30. The van der Waals surface area contributed by atoms with Gasteiger partial charge < -0.3 is 10.1 Å². The van der Waals surface area contributed by atoms with Crippen LogP contribution in [0.15, 0.2) is 35.7 Å². The maximum Gasteiger partial charge on any atom is 0.269 e. The molecular weight excluding hydrogens is 328 g/mol. The van der Waals surface area contributed by atoms with Crippen molar-refractivity contribution in [3.05, 3.63) is 46.2 Å². The van der Waals surface area contributed by atoms with E-state index in [1.165, 1.54) is 23.3 Å². The number of likely N-dealkylation sites (tertiary alicyclic amines) is 1. The van der Waals surface area contributed by atoms with Crippen LogP contribution in [0.4, 0.5) is 5.69 Å². The molecule has 6 nitrogen and oxygen atoms in total. The third-order valence-corrected chi connectivity index (χ3v) is 4.66. The van der Waals surface area contributed by atoms with Crippen LogP contribution in [-0.4, -0.2) is 29.7 Å². The van der Waals surface area contributed by atoms with Crippen LogP contribution in [0.5, 0.6) is 5.75 Å². The highest BCUT2D eigenvalue weighted by Gasteiger charge is 2.28. The molecule has 1 aromatic heterocycles. The first-order valence-electron chi connectivity index (χ1n) is 7.43. The van der Waals surface area contributed by atoms with E-state index in [2.05, 4.69) is 5.32 Å². The molecule has 1 aliphatic heterocycles. The summed E-state index contributed by atoms with van der Waals surface area (Å²) >= 11 is 1.31. The molecule has 0 bridgehead atoms. The standard InChI is InChI=1S/C17H16N2O4S/c1-23-13-8-9-24-16(13)17(22)18-12-4-2-11(3-5-12)10-19-14(20)6-7-15(19)21/h2-5,8-9H,6-7,10H2,1H3,(H,18,22). The molecule has 3 amide bonds. The Hall–Kier alpha value is -2.67. The lowest BCUT2D eigenvalue weighted by Crippen LogP contribution is -2.28. The summed E-state index contributed by atoms with van der Waals surface area (Å²) in [6, 6.07) is 8.82. The summed E-state index contributed by atoms with van der Waals surface area (Å²) in [5.74, 6) is 0.0315. The summed E-state index contributed by atoms with van der Waals surface area (Å²) in [5, 5.41) is 4.59. The number of imide groups is 1. The van der Waals surface area contributed by atoms with Crippen LogP contribution in [0.25, 0.3) is 0 Å². The molecule has 24 heavy (non-hydrogen) atoms. The summed E-state index contributed by atoms with van der Waals surface area (Å²) in [6.45, 7) is 0.268. The molecule has 0 atom stereocenters. The Morgan fingerprint density at radius 2 is 1.83 bits per heavy atom. The van der Waals surface area contributed by atoms with Gasteiger partial charge >= 0.3 is 0 Å². The lowest BCUT2D eigenvalue weighted by molar-refractivity contribution is -0.139. The molecule has 1 saturated heterocycles. The van der Waals surface area contributed by atoms with E-state index in [1.807, 2.05) is 0 Å². The highest BCUT2D eigenvalue weighted by molar-refractivity contribution is 7.12. The van der Waals surface area contributed by atoms with Crippen molar-refractivity contribution in [2.75, 3.05) is 12.4 Å². The number of hydrogen-bond donors (Lipinski definition) is 1. The minimum atomic E-state index is -0.237. The largest absolute Gasteiger partial charge is 0.495 e. The van der Waals surface area contributed by atoms with Gasteiger partial charge in [-0.25, -0.2) is 0 Å². The van der Waals surface area contributed by atoms with Gasteiger partial charge in [0, 0.05) is 18.5 Å². The van der Waals surface area contributed by atoms with Crippen LogP contribution in [0, 0.1) is 0 Å². The lowest BCUT2D eigenvalue weighted by Gasteiger charge is -2.14. The first kappa shape index (κ1) is 16.2. The number of hydrogen-bond acceptors (Lipinski definition) is 5. The number of methoxy groups -OCH3 is 1. The number of carbonyl (C=O) groups excluding carboxylic acids is 3. The van der Waals surface area contributed by atoms with Crippen LogP contribution in [-0.2, 0) is 16.1 Å². The van der Waals surface area contributed by atoms with Crippen LogP contribution in [0.1, 0.15) is 28.1 Å². The van der Waals surface area contributed by atoms with Gasteiger partial charge in [-0.3, -0.25) is 19.3 Å². The molecule has 2 heterocycles. The van der Waals surface area contributed by atoms with E-state index in [0.29, 0.717) is 16.3 Å². The van der Waals surface area contributed by atoms with Gasteiger partial charge in [-0.1, -0.05) is 12.1 Å². The second-order valence-corrected chi connectivity index (χ2v) is 6.26. The van der Waals surface area contributed by atoms with Crippen molar-refractivity contribution in [3.8, 4) is 5.75 Å². The highest BCUT2D eigenvalue weighted by Crippen LogP contribution is 2.25. The van der Waals surface area contributed by atoms with Gasteiger partial charge in [-0.05, 0) is 29.1 Å². The van der Waals surface area contributed by atoms with Gasteiger partial charge in [0.2, 0.25) is 11.8 Å². The van der Waals surface area contributed by atoms with Crippen molar-refractivity contribution in [1.29, 1.82) is 0 Å². The summed E-state index contributed by atoms with van der Waals surface area (Å²) < 4.78 is 5.14. The third-order valence-electron chi connectivity index (χ3n) is 3.76. The van der Waals surface area contributed by atoms with E-state index in [9.17, 15) is 14.4 Å². The minimum absolute atomic E-state index is 0.137. The first-order valence-corrected chi connectivity index (χ1v) is 8.31. The molecule has 3 rings (SSSR count). The van der Waals surface area contributed by atoms with Crippen molar-refractivity contribution < 1.29 is 19.1 Å². The van der Waals surface area contributed by atoms with Crippen LogP contribution >= 0.6 is 11.3 Å². The monoisotopic (exact) mass is 344 g/mol. The van der Waals surface area contributed by atoms with Gasteiger partial charge in [0.25, 0.3) is 5.91 Å². The van der Waals surface area contributed by atoms with Gasteiger partial charge in [0.15, 0.2) is 0 Å².